The number of nitrogens with zero attached hydrogens (tertiary/aromatic N) is 1. The number of thiazole rings is 1. The zero-order chi connectivity index (χ0) is 11.9. The van der Waals surface area contributed by atoms with Crippen molar-refractivity contribution < 1.29 is 4.79 Å². The van der Waals surface area contributed by atoms with Gasteiger partial charge in [0.25, 0.3) is 0 Å². The van der Waals surface area contributed by atoms with E-state index >= 15 is 0 Å². The molecule has 2 aliphatic rings. The van der Waals surface area contributed by atoms with Gasteiger partial charge in [0.1, 0.15) is 0 Å². The zero-order valence-electron chi connectivity index (χ0n) is 10.0. The first kappa shape index (κ1) is 11.2. The van der Waals surface area contributed by atoms with Gasteiger partial charge in [-0.3, -0.25) is 4.79 Å². The molecule has 0 spiro atoms. The van der Waals surface area contributed by atoms with Gasteiger partial charge in [-0.25, -0.2) is 4.98 Å². The van der Waals surface area contributed by atoms with Crippen molar-refractivity contribution in [2.24, 2.45) is 0 Å². The van der Waals surface area contributed by atoms with Crippen LogP contribution in [0.1, 0.15) is 36.8 Å². The molecule has 17 heavy (non-hydrogen) atoms. The second kappa shape index (κ2) is 4.07. The Balaban J connectivity index is 1.72. The molecule has 0 radical (unpaired) electrons. The van der Waals surface area contributed by atoms with Crippen LogP contribution in [0.4, 0.5) is 5.13 Å². The number of nitrogens with one attached hydrogen (secondary N) is 2. The van der Waals surface area contributed by atoms with Gasteiger partial charge in [0, 0.05) is 4.88 Å². The zero-order valence-corrected chi connectivity index (χ0v) is 10.8. The van der Waals surface area contributed by atoms with E-state index < -0.39 is 5.54 Å². The molecule has 4 nitrogen and oxygen atoms in total. The fourth-order valence-electron chi connectivity index (χ4n) is 2.57. The monoisotopic (exact) mass is 251 g/mol. The molecule has 2 N–H and O–H groups in total. The van der Waals surface area contributed by atoms with E-state index in [1.165, 1.54) is 17.0 Å². The molecule has 0 saturated carbocycles. The third-order valence-corrected chi connectivity index (χ3v) is 4.76. The topological polar surface area (TPSA) is 54.0 Å². The van der Waals surface area contributed by atoms with E-state index in [4.69, 9.17) is 0 Å². The van der Waals surface area contributed by atoms with Crippen molar-refractivity contribution in [2.75, 3.05) is 11.9 Å². The second-order valence-corrected chi connectivity index (χ2v) is 6.14. The molecule has 5 heteroatoms. The van der Waals surface area contributed by atoms with Gasteiger partial charge in [-0.2, -0.15) is 0 Å². The van der Waals surface area contributed by atoms with Crippen LogP contribution >= 0.6 is 11.3 Å². The number of amides is 1. The van der Waals surface area contributed by atoms with Gasteiger partial charge < -0.3 is 10.6 Å². The Morgan fingerprint density at radius 1 is 1.47 bits per heavy atom. The minimum absolute atomic E-state index is 0.0578. The Kier molecular flexibility index (Phi) is 2.67. The Bertz CT molecular complexity index is 427. The number of hydrogen-bond acceptors (Lipinski definition) is 4. The smallest absolute Gasteiger partial charge is 0.246 e. The molecule has 1 saturated heterocycles. The van der Waals surface area contributed by atoms with Crippen molar-refractivity contribution in [3.8, 4) is 0 Å². The summed E-state index contributed by atoms with van der Waals surface area (Å²) >= 11 is 1.64. The molecule has 2 heterocycles. The molecule has 1 aliphatic heterocycles. The third-order valence-electron chi connectivity index (χ3n) is 3.69. The fraction of sp³-hybridized carbons (Fsp3) is 0.667. The van der Waals surface area contributed by atoms with Crippen molar-refractivity contribution in [3.63, 3.8) is 0 Å². The average Bonchev–Trinajstić information content (AvgIpc) is 2.93. The summed E-state index contributed by atoms with van der Waals surface area (Å²) in [5, 5.41) is 7.00. The lowest BCUT2D eigenvalue weighted by Crippen LogP contribution is -2.47. The van der Waals surface area contributed by atoms with E-state index in [1.54, 1.807) is 11.3 Å². The SMILES string of the molecule is CC1(C(=O)Nc2nc3c(s2)CCC3)CCCN1. The molecule has 1 unspecified atom stereocenters. The van der Waals surface area contributed by atoms with E-state index in [9.17, 15) is 4.79 Å². The normalized spacial score (nSPS) is 27.1. The summed E-state index contributed by atoms with van der Waals surface area (Å²) < 4.78 is 0. The first-order chi connectivity index (χ1) is 8.17. The molecule has 1 amide bonds. The van der Waals surface area contributed by atoms with Crippen molar-refractivity contribution >= 4 is 22.4 Å². The van der Waals surface area contributed by atoms with Gasteiger partial charge in [-0.1, -0.05) is 0 Å². The summed E-state index contributed by atoms with van der Waals surface area (Å²) in [7, 11) is 0. The number of carbonyl (C=O) groups is 1. The van der Waals surface area contributed by atoms with Crippen LogP contribution in [-0.2, 0) is 17.6 Å². The number of anilines is 1. The molecule has 1 aliphatic carbocycles. The highest BCUT2D eigenvalue weighted by molar-refractivity contribution is 7.15. The number of carbonyl (C=O) groups excluding carboxylic acids is 1. The lowest BCUT2D eigenvalue weighted by atomic mass is 10.00. The molecule has 0 bridgehead atoms. The predicted octanol–water partition coefficient (Wildman–Crippen LogP) is 1.71. The number of hydrogen-bond donors (Lipinski definition) is 2. The molecule has 92 valence electrons. The fourth-order valence-corrected chi connectivity index (χ4v) is 3.61. The molecule has 1 aromatic rings. The summed E-state index contributed by atoms with van der Waals surface area (Å²) in [5.41, 5.74) is 0.783. The number of fused-ring (bicyclic) bond motifs is 1. The Labute approximate surface area is 105 Å². The highest BCUT2D eigenvalue weighted by Crippen LogP contribution is 2.31. The first-order valence-corrected chi connectivity index (χ1v) is 7.04. The van der Waals surface area contributed by atoms with Gasteiger partial charge >= 0.3 is 0 Å². The number of aryl methyl sites for hydroxylation is 2. The van der Waals surface area contributed by atoms with Gasteiger partial charge in [-0.05, 0) is 45.6 Å². The summed E-state index contributed by atoms with van der Waals surface area (Å²) in [6.07, 6.45) is 5.37. The van der Waals surface area contributed by atoms with E-state index in [0.717, 1.165) is 37.4 Å². The number of aromatic nitrogens is 1. The Hall–Kier alpha value is -0.940. The van der Waals surface area contributed by atoms with E-state index in [2.05, 4.69) is 15.6 Å². The highest BCUT2D eigenvalue weighted by Gasteiger charge is 2.36. The first-order valence-electron chi connectivity index (χ1n) is 6.22. The number of rotatable bonds is 2. The molecule has 1 atom stereocenters. The standard InChI is InChI=1S/C12H17N3OS/c1-12(6-3-7-13-12)10(16)15-11-14-8-4-2-5-9(8)17-11/h13H,2-7H2,1H3,(H,14,15,16). The average molecular weight is 251 g/mol. The van der Waals surface area contributed by atoms with Gasteiger partial charge in [0.15, 0.2) is 5.13 Å². The predicted molar refractivity (Wildman–Crippen MR) is 68.4 cm³/mol. The Morgan fingerprint density at radius 2 is 2.35 bits per heavy atom. The second-order valence-electron chi connectivity index (χ2n) is 5.06. The molecule has 1 fully saturated rings. The molecule has 1 aromatic heterocycles. The minimum Gasteiger partial charge on any atom is -0.304 e. The van der Waals surface area contributed by atoms with Gasteiger partial charge in [0.05, 0.1) is 11.2 Å². The van der Waals surface area contributed by atoms with Crippen LogP contribution < -0.4 is 10.6 Å². The van der Waals surface area contributed by atoms with Crippen molar-refractivity contribution in [1.82, 2.24) is 10.3 Å². The lowest BCUT2D eigenvalue weighted by Gasteiger charge is -2.22. The van der Waals surface area contributed by atoms with Crippen molar-refractivity contribution in [1.29, 1.82) is 0 Å². The maximum absolute atomic E-state index is 12.2. The van der Waals surface area contributed by atoms with Crippen LogP contribution in [0.2, 0.25) is 0 Å². The largest absolute Gasteiger partial charge is 0.304 e. The lowest BCUT2D eigenvalue weighted by molar-refractivity contribution is -0.121. The van der Waals surface area contributed by atoms with Crippen LogP contribution in [-0.4, -0.2) is 23.0 Å². The van der Waals surface area contributed by atoms with Crippen LogP contribution in [0, 0.1) is 0 Å². The van der Waals surface area contributed by atoms with Crippen LogP contribution in [0.25, 0.3) is 0 Å². The molecular weight excluding hydrogens is 234 g/mol. The minimum atomic E-state index is -0.407. The van der Waals surface area contributed by atoms with Gasteiger partial charge in [0.2, 0.25) is 5.91 Å². The van der Waals surface area contributed by atoms with E-state index in [-0.39, 0.29) is 5.91 Å². The molecular formula is C12H17N3OS. The van der Waals surface area contributed by atoms with E-state index in [0.29, 0.717) is 0 Å². The summed E-state index contributed by atoms with van der Waals surface area (Å²) in [5.74, 6) is 0.0578. The molecule has 3 rings (SSSR count). The van der Waals surface area contributed by atoms with Gasteiger partial charge in [-0.15, -0.1) is 11.3 Å². The summed E-state index contributed by atoms with van der Waals surface area (Å²) in [4.78, 5) is 18.0. The third kappa shape index (κ3) is 1.98. The van der Waals surface area contributed by atoms with E-state index in [1.807, 2.05) is 6.92 Å². The van der Waals surface area contributed by atoms with Crippen LogP contribution in [0.3, 0.4) is 0 Å². The Morgan fingerprint density at radius 3 is 3.06 bits per heavy atom. The summed E-state index contributed by atoms with van der Waals surface area (Å²) in [6, 6.07) is 0. The summed E-state index contributed by atoms with van der Waals surface area (Å²) in [6.45, 7) is 2.90. The quantitative estimate of drug-likeness (QED) is 0.841. The molecule has 0 aromatic carbocycles. The van der Waals surface area contributed by atoms with Crippen molar-refractivity contribution in [2.45, 2.75) is 44.6 Å². The van der Waals surface area contributed by atoms with Crippen LogP contribution in [0.15, 0.2) is 0 Å². The highest BCUT2D eigenvalue weighted by atomic mass is 32.1. The van der Waals surface area contributed by atoms with Crippen molar-refractivity contribution in [3.05, 3.63) is 10.6 Å². The maximum atomic E-state index is 12.2. The van der Waals surface area contributed by atoms with Crippen LogP contribution in [0.5, 0.6) is 0 Å². The maximum Gasteiger partial charge on any atom is 0.246 e.